The zero-order valence-corrected chi connectivity index (χ0v) is 11.9. The molecule has 0 spiro atoms. The summed E-state index contributed by atoms with van der Waals surface area (Å²) >= 11 is 0. The van der Waals surface area contributed by atoms with Crippen LogP contribution in [0, 0.1) is 5.82 Å². The minimum atomic E-state index is -1.32. The molecular weight excluding hydrogens is 277 g/mol. The molecule has 5 nitrogen and oxygen atoms in total. The maximum Gasteiger partial charge on any atom is 0.341 e. The zero-order valence-electron chi connectivity index (χ0n) is 11.9. The molecule has 2 aromatic rings. The molecule has 0 amide bonds. The lowest BCUT2D eigenvalue weighted by Crippen LogP contribution is -2.19. The molecule has 6 heteroatoms. The van der Waals surface area contributed by atoms with Gasteiger partial charge in [0.05, 0.1) is 18.0 Å². The Morgan fingerprint density at radius 2 is 2.14 bits per heavy atom. The van der Waals surface area contributed by atoms with Crippen molar-refractivity contribution in [2.45, 2.75) is 26.3 Å². The minimum Gasteiger partial charge on any atom is -0.494 e. The molecule has 0 saturated heterocycles. The van der Waals surface area contributed by atoms with Gasteiger partial charge in [-0.25, -0.2) is 9.18 Å². The van der Waals surface area contributed by atoms with E-state index in [4.69, 9.17) is 9.84 Å². The number of hydrogen-bond acceptors (Lipinski definition) is 3. The number of ether oxygens (including phenoxy) is 1. The maximum atomic E-state index is 13.6. The van der Waals surface area contributed by atoms with Gasteiger partial charge in [-0.2, -0.15) is 0 Å². The highest BCUT2D eigenvalue weighted by Crippen LogP contribution is 2.26. The van der Waals surface area contributed by atoms with E-state index in [1.165, 1.54) is 19.4 Å². The van der Waals surface area contributed by atoms with Crippen LogP contribution in [0.4, 0.5) is 4.39 Å². The van der Waals surface area contributed by atoms with Gasteiger partial charge in [0, 0.05) is 18.8 Å². The second-order valence-electron chi connectivity index (χ2n) is 4.73. The van der Waals surface area contributed by atoms with E-state index >= 15 is 0 Å². The fourth-order valence-corrected chi connectivity index (χ4v) is 2.28. The zero-order chi connectivity index (χ0) is 15.6. The molecule has 0 saturated carbocycles. The Bertz CT molecular complexity index is 751. The smallest absolute Gasteiger partial charge is 0.341 e. The normalized spacial score (nSPS) is 10.8. The fraction of sp³-hybridized carbons (Fsp3) is 0.333. The van der Waals surface area contributed by atoms with Gasteiger partial charge in [-0.05, 0) is 12.5 Å². The van der Waals surface area contributed by atoms with Crippen LogP contribution >= 0.6 is 0 Å². The van der Waals surface area contributed by atoms with Gasteiger partial charge in [-0.15, -0.1) is 0 Å². The van der Waals surface area contributed by atoms with Crippen molar-refractivity contribution in [1.82, 2.24) is 4.57 Å². The quantitative estimate of drug-likeness (QED) is 0.920. The van der Waals surface area contributed by atoms with Crippen LogP contribution in [0.2, 0.25) is 0 Å². The third kappa shape index (κ3) is 2.74. The number of methoxy groups -OCH3 is 1. The Labute approximate surface area is 120 Å². The number of pyridine rings is 1. The van der Waals surface area contributed by atoms with Crippen molar-refractivity contribution in [3.8, 4) is 5.75 Å². The first-order valence-electron chi connectivity index (χ1n) is 6.63. The van der Waals surface area contributed by atoms with Gasteiger partial charge in [0.2, 0.25) is 5.43 Å². The van der Waals surface area contributed by atoms with Crippen molar-refractivity contribution in [3.05, 3.63) is 39.9 Å². The SMILES string of the molecule is CCCCn1cc(C(=O)O)c(=O)c2cc(F)cc(OC)c21. The molecule has 1 aromatic carbocycles. The number of halogens is 1. The molecule has 21 heavy (non-hydrogen) atoms. The first kappa shape index (κ1) is 15.0. The lowest BCUT2D eigenvalue weighted by molar-refractivity contribution is 0.0694. The van der Waals surface area contributed by atoms with Crippen LogP contribution in [0.5, 0.6) is 5.75 Å². The summed E-state index contributed by atoms with van der Waals surface area (Å²) in [7, 11) is 1.38. The van der Waals surface area contributed by atoms with Gasteiger partial charge >= 0.3 is 5.97 Å². The first-order chi connectivity index (χ1) is 9.99. The second kappa shape index (κ2) is 5.95. The summed E-state index contributed by atoms with van der Waals surface area (Å²) < 4.78 is 20.4. The second-order valence-corrected chi connectivity index (χ2v) is 4.73. The van der Waals surface area contributed by atoms with Gasteiger partial charge < -0.3 is 14.4 Å². The van der Waals surface area contributed by atoms with Gasteiger partial charge in [-0.3, -0.25) is 4.79 Å². The molecular formula is C15H16FNO4. The number of carboxylic acids is 1. The van der Waals surface area contributed by atoms with Gasteiger partial charge in [-0.1, -0.05) is 13.3 Å². The summed E-state index contributed by atoms with van der Waals surface area (Å²) in [4.78, 5) is 23.4. The Kier molecular flexibility index (Phi) is 4.26. The highest BCUT2D eigenvalue weighted by molar-refractivity contribution is 5.94. The molecule has 2 rings (SSSR count). The third-order valence-corrected chi connectivity index (χ3v) is 3.30. The van der Waals surface area contributed by atoms with Crippen LogP contribution in [0.15, 0.2) is 23.1 Å². The average molecular weight is 293 g/mol. The summed E-state index contributed by atoms with van der Waals surface area (Å²) in [5.74, 6) is -1.74. The summed E-state index contributed by atoms with van der Waals surface area (Å²) in [6.45, 7) is 2.52. The molecule has 0 atom stereocenters. The van der Waals surface area contributed by atoms with Gasteiger partial charge in [0.15, 0.2) is 0 Å². The predicted octanol–water partition coefficient (Wildman–Crippen LogP) is 2.65. The van der Waals surface area contributed by atoms with Crippen LogP contribution in [0.3, 0.4) is 0 Å². The number of rotatable bonds is 5. The molecule has 0 aliphatic heterocycles. The van der Waals surface area contributed by atoms with E-state index in [2.05, 4.69) is 0 Å². The number of aryl methyl sites for hydroxylation is 1. The molecule has 0 fully saturated rings. The van der Waals surface area contributed by atoms with Crippen LogP contribution in [0.25, 0.3) is 10.9 Å². The van der Waals surface area contributed by atoms with Crippen LogP contribution in [0.1, 0.15) is 30.1 Å². The number of carboxylic acid groups (broad SMARTS) is 1. The Morgan fingerprint density at radius 1 is 1.43 bits per heavy atom. The molecule has 0 aliphatic carbocycles. The Hall–Kier alpha value is -2.37. The number of aromatic carboxylic acids is 1. The highest BCUT2D eigenvalue weighted by atomic mass is 19.1. The number of hydrogen-bond donors (Lipinski definition) is 1. The first-order valence-corrected chi connectivity index (χ1v) is 6.63. The van der Waals surface area contributed by atoms with E-state index < -0.39 is 17.2 Å². The van der Waals surface area contributed by atoms with Gasteiger partial charge in [0.1, 0.15) is 17.1 Å². The molecule has 0 radical (unpaired) electrons. The fourth-order valence-electron chi connectivity index (χ4n) is 2.28. The molecule has 1 aromatic heterocycles. The van der Waals surface area contributed by atoms with Crippen molar-refractivity contribution in [2.24, 2.45) is 0 Å². The maximum absolute atomic E-state index is 13.6. The van der Waals surface area contributed by atoms with E-state index in [1.54, 1.807) is 4.57 Å². The summed E-state index contributed by atoms with van der Waals surface area (Å²) in [6.07, 6.45) is 3.00. The summed E-state index contributed by atoms with van der Waals surface area (Å²) in [6, 6.07) is 2.24. The number of fused-ring (bicyclic) bond motifs is 1. The predicted molar refractivity (Wildman–Crippen MR) is 76.6 cm³/mol. The molecule has 0 aliphatic rings. The standard InChI is InChI=1S/C15H16FNO4/c1-3-4-5-17-8-11(15(19)20)14(18)10-6-9(16)7-12(21-2)13(10)17/h6-8H,3-5H2,1-2H3,(H,19,20). The molecule has 0 bridgehead atoms. The third-order valence-electron chi connectivity index (χ3n) is 3.30. The topological polar surface area (TPSA) is 68.5 Å². The molecule has 1 heterocycles. The number of benzene rings is 1. The molecule has 112 valence electrons. The molecule has 1 N–H and O–H groups in total. The van der Waals surface area contributed by atoms with Crippen molar-refractivity contribution < 1.29 is 19.0 Å². The Morgan fingerprint density at radius 3 is 2.71 bits per heavy atom. The lowest BCUT2D eigenvalue weighted by Gasteiger charge is -2.15. The van der Waals surface area contributed by atoms with Crippen molar-refractivity contribution >= 4 is 16.9 Å². The number of aromatic nitrogens is 1. The Balaban J connectivity index is 2.88. The van der Waals surface area contributed by atoms with Crippen molar-refractivity contribution in [1.29, 1.82) is 0 Å². The minimum absolute atomic E-state index is 0.0165. The van der Waals surface area contributed by atoms with E-state index in [9.17, 15) is 14.0 Å². The average Bonchev–Trinajstić information content (AvgIpc) is 2.45. The van der Waals surface area contributed by atoms with E-state index in [0.29, 0.717) is 12.1 Å². The van der Waals surface area contributed by atoms with E-state index in [1.807, 2.05) is 6.92 Å². The van der Waals surface area contributed by atoms with Crippen molar-refractivity contribution in [3.63, 3.8) is 0 Å². The number of unbranched alkanes of at least 4 members (excludes halogenated alkanes) is 1. The summed E-state index contributed by atoms with van der Waals surface area (Å²) in [5.41, 5.74) is -0.656. The van der Waals surface area contributed by atoms with E-state index in [0.717, 1.165) is 18.9 Å². The number of carbonyl (C=O) groups is 1. The lowest BCUT2D eigenvalue weighted by atomic mass is 10.1. The van der Waals surface area contributed by atoms with Crippen LogP contribution in [-0.2, 0) is 6.54 Å². The van der Waals surface area contributed by atoms with E-state index in [-0.39, 0.29) is 16.7 Å². The van der Waals surface area contributed by atoms with Crippen LogP contribution < -0.4 is 10.2 Å². The van der Waals surface area contributed by atoms with Crippen molar-refractivity contribution in [2.75, 3.05) is 7.11 Å². The van der Waals surface area contributed by atoms with Crippen LogP contribution in [-0.4, -0.2) is 22.8 Å². The molecule has 0 unspecified atom stereocenters. The van der Waals surface area contributed by atoms with Gasteiger partial charge in [0.25, 0.3) is 0 Å². The summed E-state index contributed by atoms with van der Waals surface area (Å²) in [5, 5.41) is 9.15. The highest BCUT2D eigenvalue weighted by Gasteiger charge is 2.18. The monoisotopic (exact) mass is 293 g/mol. The number of nitrogens with zero attached hydrogens (tertiary/aromatic N) is 1. The largest absolute Gasteiger partial charge is 0.494 e.